The van der Waals surface area contributed by atoms with Gasteiger partial charge < -0.3 is 10.1 Å². The van der Waals surface area contributed by atoms with Gasteiger partial charge in [-0.15, -0.1) is 0 Å². The zero-order valence-electron chi connectivity index (χ0n) is 15.8. The van der Waals surface area contributed by atoms with E-state index < -0.39 is 15.9 Å². The number of para-hydroxylation sites is 1. The van der Waals surface area contributed by atoms with Gasteiger partial charge in [-0.2, -0.15) is 0 Å². The van der Waals surface area contributed by atoms with Gasteiger partial charge in [-0.05, 0) is 43.7 Å². The number of carbonyl (C=O) groups is 1. The van der Waals surface area contributed by atoms with Gasteiger partial charge in [0.1, 0.15) is 18.9 Å². The number of aryl methyl sites for hydroxylation is 1. The Bertz CT molecular complexity index is 951. The molecule has 9 heteroatoms. The van der Waals surface area contributed by atoms with Crippen LogP contribution in [0, 0.1) is 6.92 Å². The van der Waals surface area contributed by atoms with Crippen LogP contribution in [0.5, 0.6) is 5.75 Å². The number of carbonyl (C=O) groups excluding carboxylic acids is 1. The highest BCUT2D eigenvalue weighted by Gasteiger charge is 2.22. The molecule has 1 amide bonds. The second kappa shape index (κ2) is 9.49. The van der Waals surface area contributed by atoms with Crippen LogP contribution in [-0.2, 0) is 14.8 Å². The van der Waals surface area contributed by atoms with Crippen LogP contribution in [0.15, 0.2) is 42.5 Å². The highest BCUT2D eigenvalue weighted by atomic mass is 35.5. The molecule has 0 unspecified atom stereocenters. The second-order valence-corrected chi connectivity index (χ2v) is 9.13. The predicted octanol–water partition coefficient (Wildman–Crippen LogP) is 3.65. The summed E-state index contributed by atoms with van der Waals surface area (Å²) in [7, 11) is -3.70. The maximum Gasteiger partial charge on any atom is 0.241 e. The first kappa shape index (κ1) is 22.3. The minimum absolute atomic E-state index is 0.202. The van der Waals surface area contributed by atoms with E-state index in [9.17, 15) is 13.2 Å². The highest BCUT2D eigenvalue weighted by Crippen LogP contribution is 2.28. The van der Waals surface area contributed by atoms with Crippen molar-refractivity contribution in [3.63, 3.8) is 0 Å². The Labute approximate surface area is 175 Å². The highest BCUT2D eigenvalue weighted by molar-refractivity contribution is 7.92. The lowest BCUT2D eigenvalue weighted by Gasteiger charge is -2.23. The summed E-state index contributed by atoms with van der Waals surface area (Å²) >= 11 is 11.8. The first-order valence-electron chi connectivity index (χ1n) is 8.48. The van der Waals surface area contributed by atoms with Gasteiger partial charge in [-0.25, -0.2) is 8.42 Å². The van der Waals surface area contributed by atoms with Gasteiger partial charge in [0.05, 0.1) is 28.0 Å². The second-order valence-electron chi connectivity index (χ2n) is 6.41. The maximum atomic E-state index is 12.4. The van der Waals surface area contributed by atoms with Gasteiger partial charge in [0.25, 0.3) is 0 Å². The standard InChI is InChI=1S/C19H22Cl2N2O4S/c1-13-6-4-5-7-18(13)27-12-14(2)22-19(24)11-23(28(3,25)26)15-8-9-16(20)17(21)10-15/h4-10,14H,11-12H2,1-3H3,(H,22,24)/t14-/m1/s1. The molecule has 0 spiro atoms. The number of ether oxygens (including phenoxy) is 1. The Kier molecular flexibility index (Phi) is 7.57. The summed E-state index contributed by atoms with van der Waals surface area (Å²) in [6.45, 7) is 3.58. The molecule has 0 aliphatic rings. The Hall–Kier alpha value is -1.96. The van der Waals surface area contributed by atoms with E-state index in [0.29, 0.717) is 5.02 Å². The molecule has 6 nitrogen and oxygen atoms in total. The Morgan fingerprint density at radius 1 is 1.18 bits per heavy atom. The minimum atomic E-state index is -3.70. The number of hydrogen-bond donors (Lipinski definition) is 1. The number of nitrogens with zero attached hydrogens (tertiary/aromatic N) is 1. The summed E-state index contributed by atoms with van der Waals surface area (Å²) in [6, 6.07) is 11.6. The average Bonchev–Trinajstić information content (AvgIpc) is 2.60. The zero-order chi connectivity index (χ0) is 20.9. The number of nitrogens with one attached hydrogen (secondary N) is 1. The van der Waals surface area contributed by atoms with Gasteiger partial charge in [-0.1, -0.05) is 41.4 Å². The number of anilines is 1. The monoisotopic (exact) mass is 444 g/mol. The Balaban J connectivity index is 2.01. The molecule has 2 aromatic rings. The van der Waals surface area contributed by atoms with Crippen LogP contribution in [0.25, 0.3) is 0 Å². The van der Waals surface area contributed by atoms with Crippen molar-refractivity contribution >= 4 is 44.8 Å². The van der Waals surface area contributed by atoms with Gasteiger partial charge in [-0.3, -0.25) is 9.10 Å². The van der Waals surface area contributed by atoms with Gasteiger partial charge >= 0.3 is 0 Å². The molecule has 1 N–H and O–H groups in total. The normalized spacial score (nSPS) is 12.3. The van der Waals surface area contributed by atoms with Crippen molar-refractivity contribution in [3.8, 4) is 5.75 Å². The van der Waals surface area contributed by atoms with E-state index in [4.69, 9.17) is 27.9 Å². The molecule has 152 valence electrons. The lowest BCUT2D eigenvalue weighted by Crippen LogP contribution is -2.44. The van der Waals surface area contributed by atoms with Crippen LogP contribution in [0.2, 0.25) is 10.0 Å². The molecule has 0 aliphatic carbocycles. The van der Waals surface area contributed by atoms with Crippen molar-refractivity contribution in [1.29, 1.82) is 0 Å². The molecule has 0 radical (unpaired) electrons. The van der Waals surface area contributed by atoms with Crippen molar-refractivity contribution in [1.82, 2.24) is 5.32 Å². The summed E-state index contributed by atoms with van der Waals surface area (Å²) in [5, 5.41) is 3.24. The Morgan fingerprint density at radius 3 is 2.46 bits per heavy atom. The molecule has 0 aliphatic heterocycles. The van der Waals surface area contributed by atoms with Gasteiger partial charge in [0.15, 0.2) is 0 Å². The van der Waals surface area contributed by atoms with Crippen LogP contribution < -0.4 is 14.4 Å². The number of benzene rings is 2. The molecular weight excluding hydrogens is 423 g/mol. The number of sulfonamides is 1. The summed E-state index contributed by atoms with van der Waals surface area (Å²) in [4.78, 5) is 12.4. The quantitative estimate of drug-likeness (QED) is 0.673. The SMILES string of the molecule is Cc1ccccc1OC[C@@H](C)NC(=O)CN(c1ccc(Cl)c(Cl)c1)S(C)(=O)=O. The first-order chi connectivity index (χ1) is 13.1. The molecule has 0 saturated carbocycles. The minimum Gasteiger partial charge on any atom is -0.491 e. The van der Waals surface area contributed by atoms with Crippen LogP contribution in [-0.4, -0.2) is 39.8 Å². The van der Waals surface area contributed by atoms with Crippen molar-refractivity contribution in [3.05, 3.63) is 58.1 Å². The van der Waals surface area contributed by atoms with E-state index in [1.807, 2.05) is 31.2 Å². The fourth-order valence-electron chi connectivity index (χ4n) is 2.47. The molecule has 0 aromatic heterocycles. The average molecular weight is 445 g/mol. The largest absolute Gasteiger partial charge is 0.491 e. The topological polar surface area (TPSA) is 75.7 Å². The van der Waals surface area contributed by atoms with E-state index in [1.54, 1.807) is 6.92 Å². The van der Waals surface area contributed by atoms with Crippen molar-refractivity contribution in [2.24, 2.45) is 0 Å². The summed E-state index contributed by atoms with van der Waals surface area (Å²) in [6.07, 6.45) is 1.02. The first-order valence-corrected chi connectivity index (χ1v) is 11.1. The van der Waals surface area contributed by atoms with Crippen LogP contribution >= 0.6 is 23.2 Å². The predicted molar refractivity (Wildman–Crippen MR) is 113 cm³/mol. The van der Waals surface area contributed by atoms with E-state index in [0.717, 1.165) is 21.9 Å². The smallest absolute Gasteiger partial charge is 0.241 e. The van der Waals surface area contributed by atoms with Crippen LogP contribution in [0.4, 0.5) is 5.69 Å². The van der Waals surface area contributed by atoms with Gasteiger partial charge in [0, 0.05) is 0 Å². The van der Waals surface area contributed by atoms with Crippen molar-refractivity contribution in [2.75, 3.05) is 23.7 Å². The molecule has 28 heavy (non-hydrogen) atoms. The lowest BCUT2D eigenvalue weighted by molar-refractivity contribution is -0.120. The zero-order valence-corrected chi connectivity index (χ0v) is 18.1. The number of hydrogen-bond acceptors (Lipinski definition) is 4. The van der Waals surface area contributed by atoms with Crippen LogP contribution in [0.1, 0.15) is 12.5 Å². The van der Waals surface area contributed by atoms with Crippen molar-refractivity contribution < 1.29 is 17.9 Å². The third-order valence-corrected chi connectivity index (χ3v) is 5.75. The molecule has 0 fully saturated rings. The molecule has 0 bridgehead atoms. The van der Waals surface area contributed by atoms with E-state index >= 15 is 0 Å². The lowest BCUT2D eigenvalue weighted by atomic mass is 10.2. The third kappa shape index (κ3) is 6.29. The van der Waals surface area contributed by atoms with E-state index in [1.165, 1.54) is 18.2 Å². The van der Waals surface area contributed by atoms with E-state index in [2.05, 4.69) is 5.32 Å². The third-order valence-electron chi connectivity index (χ3n) is 3.87. The van der Waals surface area contributed by atoms with E-state index in [-0.39, 0.29) is 29.9 Å². The molecule has 2 aromatic carbocycles. The van der Waals surface area contributed by atoms with Gasteiger partial charge in [0.2, 0.25) is 15.9 Å². The molecule has 1 atom stereocenters. The summed E-state index contributed by atoms with van der Waals surface area (Å²) in [5.41, 5.74) is 1.25. The number of rotatable bonds is 8. The molecule has 0 saturated heterocycles. The molecule has 2 rings (SSSR count). The van der Waals surface area contributed by atoms with Crippen molar-refractivity contribution in [2.45, 2.75) is 19.9 Å². The number of halogens is 2. The Morgan fingerprint density at radius 2 is 1.86 bits per heavy atom. The van der Waals surface area contributed by atoms with Crippen LogP contribution in [0.3, 0.4) is 0 Å². The summed E-state index contributed by atoms with van der Waals surface area (Å²) in [5.74, 6) is 0.273. The fourth-order valence-corrected chi connectivity index (χ4v) is 3.61. The maximum absolute atomic E-state index is 12.4. The summed E-state index contributed by atoms with van der Waals surface area (Å²) < 4.78 is 31.0. The molecular formula is C19H22Cl2N2O4S. The molecule has 0 heterocycles. The number of amides is 1. The fraction of sp³-hybridized carbons (Fsp3) is 0.316.